The number of amides is 1. The molecule has 3 N–H and O–H groups in total. The molecule has 0 aliphatic heterocycles. The maximum atomic E-state index is 12.5. The zero-order valence-electron chi connectivity index (χ0n) is 14.0. The van der Waals surface area contributed by atoms with Gasteiger partial charge in [-0.1, -0.05) is 25.3 Å². The summed E-state index contributed by atoms with van der Waals surface area (Å²) in [5.41, 5.74) is 7.51. The summed E-state index contributed by atoms with van der Waals surface area (Å²) in [6.07, 6.45) is 6.15. The van der Waals surface area contributed by atoms with Gasteiger partial charge in [-0.2, -0.15) is 4.68 Å². The molecule has 1 amide bonds. The van der Waals surface area contributed by atoms with Gasteiger partial charge in [0.05, 0.1) is 5.69 Å². The van der Waals surface area contributed by atoms with Crippen molar-refractivity contribution < 1.29 is 4.79 Å². The second-order valence-electron chi connectivity index (χ2n) is 6.68. The maximum absolute atomic E-state index is 12.5. The fraction of sp³-hybridized carbons (Fsp3) is 0.529. The van der Waals surface area contributed by atoms with Crippen LogP contribution in [0.4, 0.5) is 5.69 Å². The first kappa shape index (κ1) is 16.6. The molecule has 1 aliphatic carbocycles. The van der Waals surface area contributed by atoms with Gasteiger partial charge in [0.1, 0.15) is 0 Å². The zero-order valence-corrected chi connectivity index (χ0v) is 14.0. The number of nitrogens with one attached hydrogen (secondary N) is 1. The lowest BCUT2D eigenvalue weighted by atomic mass is 9.71. The van der Waals surface area contributed by atoms with E-state index in [1.807, 2.05) is 31.2 Å². The molecule has 1 aromatic heterocycles. The molecular weight excluding hydrogens is 304 g/mol. The van der Waals surface area contributed by atoms with Crippen LogP contribution in [0.5, 0.6) is 0 Å². The normalized spacial score (nSPS) is 16.8. The molecule has 0 atom stereocenters. The number of carbonyl (C=O) groups excluding carboxylic acids is 1. The van der Waals surface area contributed by atoms with E-state index in [2.05, 4.69) is 20.8 Å². The predicted octanol–water partition coefficient (Wildman–Crippen LogP) is 2.21. The lowest BCUT2D eigenvalue weighted by Crippen LogP contribution is -2.36. The molecule has 7 nitrogen and oxygen atoms in total. The monoisotopic (exact) mass is 328 g/mol. The highest BCUT2D eigenvalue weighted by Gasteiger charge is 2.32. The van der Waals surface area contributed by atoms with E-state index in [1.54, 1.807) is 4.68 Å². The van der Waals surface area contributed by atoms with E-state index in [9.17, 15) is 4.79 Å². The van der Waals surface area contributed by atoms with Gasteiger partial charge in [-0.3, -0.25) is 4.79 Å². The number of nitrogens with zero attached hydrogens (tertiary/aromatic N) is 4. The number of anilines is 1. The van der Waals surface area contributed by atoms with Crippen LogP contribution in [0.3, 0.4) is 0 Å². The van der Waals surface area contributed by atoms with Crippen molar-refractivity contribution in [3.8, 4) is 5.69 Å². The summed E-state index contributed by atoms with van der Waals surface area (Å²) in [4.78, 5) is 12.5. The third-order valence-electron chi connectivity index (χ3n) is 4.88. The van der Waals surface area contributed by atoms with Gasteiger partial charge in [0, 0.05) is 12.1 Å². The molecule has 1 heterocycles. The minimum atomic E-state index is -0.0354. The van der Waals surface area contributed by atoms with Crippen LogP contribution in [-0.2, 0) is 4.79 Å². The van der Waals surface area contributed by atoms with Gasteiger partial charge in [0.25, 0.3) is 0 Å². The van der Waals surface area contributed by atoms with Crippen molar-refractivity contribution in [1.29, 1.82) is 0 Å². The summed E-state index contributed by atoms with van der Waals surface area (Å²) in [5.74, 6) is 0.718. The number of benzene rings is 1. The molecule has 128 valence electrons. The summed E-state index contributed by atoms with van der Waals surface area (Å²) in [6.45, 7) is 2.41. The summed E-state index contributed by atoms with van der Waals surface area (Å²) < 4.78 is 1.64. The van der Waals surface area contributed by atoms with Crippen molar-refractivity contribution in [1.82, 2.24) is 20.2 Å². The Kier molecular flexibility index (Phi) is 4.89. The first-order valence-electron chi connectivity index (χ1n) is 8.47. The van der Waals surface area contributed by atoms with Crippen LogP contribution in [0.25, 0.3) is 5.69 Å². The molecule has 0 radical (unpaired) electrons. The van der Waals surface area contributed by atoms with E-state index in [1.165, 1.54) is 19.3 Å². The molecule has 0 saturated heterocycles. The summed E-state index contributed by atoms with van der Waals surface area (Å²) in [6, 6.07) is 7.53. The van der Waals surface area contributed by atoms with Crippen LogP contribution in [0.1, 0.15) is 44.3 Å². The number of nitrogens with two attached hydrogens (primary N) is 1. The fourth-order valence-corrected chi connectivity index (χ4v) is 3.49. The molecule has 2 aromatic rings. The van der Waals surface area contributed by atoms with Crippen LogP contribution in [-0.4, -0.2) is 32.7 Å². The highest BCUT2D eigenvalue weighted by Crippen LogP contribution is 2.38. The van der Waals surface area contributed by atoms with Gasteiger partial charge >= 0.3 is 0 Å². The number of aromatic nitrogens is 4. The van der Waals surface area contributed by atoms with Crippen molar-refractivity contribution in [3.63, 3.8) is 0 Å². The Balaban J connectivity index is 1.69. The minimum absolute atomic E-state index is 0.0212. The van der Waals surface area contributed by atoms with Crippen LogP contribution in [0.15, 0.2) is 24.3 Å². The molecule has 1 saturated carbocycles. The predicted molar refractivity (Wildman–Crippen MR) is 91.7 cm³/mol. The molecule has 0 unspecified atom stereocenters. The summed E-state index contributed by atoms with van der Waals surface area (Å²) in [7, 11) is 0. The van der Waals surface area contributed by atoms with Gasteiger partial charge in [-0.15, -0.1) is 5.10 Å². The Morgan fingerprint density at radius 3 is 2.79 bits per heavy atom. The third kappa shape index (κ3) is 3.62. The van der Waals surface area contributed by atoms with Crippen molar-refractivity contribution in [2.45, 2.75) is 45.4 Å². The Bertz CT molecular complexity index is 705. The largest absolute Gasteiger partial charge is 0.330 e. The van der Waals surface area contributed by atoms with E-state index >= 15 is 0 Å². The first-order valence-corrected chi connectivity index (χ1v) is 8.47. The van der Waals surface area contributed by atoms with Crippen molar-refractivity contribution in [2.24, 2.45) is 11.1 Å². The topological polar surface area (TPSA) is 98.7 Å². The highest BCUT2D eigenvalue weighted by atomic mass is 16.1. The Morgan fingerprint density at radius 2 is 2.12 bits per heavy atom. The second kappa shape index (κ2) is 7.09. The number of hydrogen-bond donors (Lipinski definition) is 2. The van der Waals surface area contributed by atoms with E-state index < -0.39 is 0 Å². The second-order valence-corrected chi connectivity index (χ2v) is 6.68. The van der Waals surface area contributed by atoms with Crippen LogP contribution < -0.4 is 11.1 Å². The number of tetrazole rings is 1. The molecular formula is C17H24N6O. The number of aryl methyl sites for hydroxylation is 1. The Labute approximate surface area is 141 Å². The average molecular weight is 328 g/mol. The highest BCUT2D eigenvalue weighted by molar-refractivity contribution is 5.91. The number of rotatable bonds is 5. The van der Waals surface area contributed by atoms with Gasteiger partial charge < -0.3 is 11.1 Å². The number of hydrogen-bond acceptors (Lipinski definition) is 5. The molecule has 24 heavy (non-hydrogen) atoms. The standard InChI is InChI=1S/C17H24N6O/c1-13-20-21-22-23(13)15-7-5-6-14(10-15)19-16(24)11-17(12-18)8-3-2-4-9-17/h5-7,10H,2-4,8-9,11-12,18H2,1H3,(H,19,24). The fourth-order valence-electron chi connectivity index (χ4n) is 3.49. The molecule has 7 heteroatoms. The maximum Gasteiger partial charge on any atom is 0.224 e. The number of carbonyl (C=O) groups is 1. The van der Waals surface area contributed by atoms with Gasteiger partial charge in [0.15, 0.2) is 5.82 Å². The van der Waals surface area contributed by atoms with Crippen molar-refractivity contribution >= 4 is 11.6 Å². The summed E-state index contributed by atoms with van der Waals surface area (Å²) >= 11 is 0. The van der Waals surface area contributed by atoms with Crippen LogP contribution in [0, 0.1) is 12.3 Å². The van der Waals surface area contributed by atoms with E-state index in [0.29, 0.717) is 18.8 Å². The lowest BCUT2D eigenvalue weighted by molar-refractivity contribution is -0.118. The zero-order chi connectivity index (χ0) is 17.0. The molecule has 1 fully saturated rings. The molecule has 1 aromatic carbocycles. The van der Waals surface area contributed by atoms with Crippen molar-refractivity contribution in [3.05, 3.63) is 30.1 Å². The van der Waals surface area contributed by atoms with E-state index in [-0.39, 0.29) is 11.3 Å². The first-order chi connectivity index (χ1) is 11.6. The Hall–Kier alpha value is -2.28. The molecule has 0 bridgehead atoms. The summed E-state index contributed by atoms with van der Waals surface area (Å²) in [5, 5.41) is 14.5. The van der Waals surface area contributed by atoms with E-state index in [4.69, 9.17) is 5.73 Å². The van der Waals surface area contributed by atoms with Gasteiger partial charge in [-0.25, -0.2) is 0 Å². The van der Waals surface area contributed by atoms with Crippen LogP contribution in [0.2, 0.25) is 0 Å². The van der Waals surface area contributed by atoms with Gasteiger partial charge in [0.2, 0.25) is 5.91 Å². The molecule has 0 spiro atoms. The lowest BCUT2D eigenvalue weighted by Gasteiger charge is -2.35. The van der Waals surface area contributed by atoms with E-state index in [0.717, 1.165) is 24.2 Å². The smallest absolute Gasteiger partial charge is 0.224 e. The molecule has 3 rings (SSSR count). The van der Waals surface area contributed by atoms with Gasteiger partial charge in [-0.05, 0) is 60.4 Å². The SMILES string of the molecule is Cc1nnnn1-c1cccc(NC(=O)CC2(CN)CCCCC2)c1. The minimum Gasteiger partial charge on any atom is -0.330 e. The van der Waals surface area contributed by atoms with Crippen LogP contribution >= 0.6 is 0 Å². The van der Waals surface area contributed by atoms with Crippen molar-refractivity contribution in [2.75, 3.05) is 11.9 Å². The quantitative estimate of drug-likeness (QED) is 0.876. The third-order valence-corrected chi connectivity index (χ3v) is 4.88. The molecule has 1 aliphatic rings. The Morgan fingerprint density at radius 1 is 1.33 bits per heavy atom. The average Bonchev–Trinajstić information content (AvgIpc) is 3.02.